The third kappa shape index (κ3) is 4.14. The molecular weight excluding hydrogens is 284 g/mol. The number of hydrogen-bond donors (Lipinski definition) is 1. The minimum atomic E-state index is -0.467. The summed E-state index contributed by atoms with van der Waals surface area (Å²) in [6.07, 6.45) is 1.83. The molecule has 1 saturated heterocycles. The van der Waals surface area contributed by atoms with E-state index in [0.29, 0.717) is 6.54 Å². The van der Waals surface area contributed by atoms with E-state index < -0.39 is 5.60 Å². The molecule has 21 heavy (non-hydrogen) atoms. The molecule has 0 bridgehead atoms. The fourth-order valence-corrected chi connectivity index (χ4v) is 3.12. The molecule has 1 aromatic carbocycles. The van der Waals surface area contributed by atoms with E-state index in [1.165, 1.54) is 10.5 Å². The molecule has 2 rings (SSSR count). The van der Waals surface area contributed by atoms with E-state index in [9.17, 15) is 4.79 Å². The second kappa shape index (κ2) is 6.71. The van der Waals surface area contributed by atoms with Crippen LogP contribution in [-0.2, 0) is 4.74 Å². The molecule has 5 heteroatoms. The van der Waals surface area contributed by atoms with Crippen molar-refractivity contribution in [3.8, 4) is 0 Å². The first-order valence-corrected chi connectivity index (χ1v) is 8.48. The number of thioether (sulfide) groups is 1. The highest BCUT2D eigenvalue weighted by atomic mass is 32.2. The van der Waals surface area contributed by atoms with Crippen molar-refractivity contribution in [3.63, 3.8) is 0 Å². The summed E-state index contributed by atoms with van der Waals surface area (Å²) in [5.41, 5.74) is 0.717. The van der Waals surface area contributed by atoms with E-state index >= 15 is 0 Å². The highest BCUT2D eigenvalue weighted by Gasteiger charge is 2.32. The first-order chi connectivity index (χ1) is 9.92. The number of nitrogens with one attached hydrogen (secondary N) is 1. The number of ether oxygens (including phenoxy) is 1. The third-order valence-corrected chi connectivity index (χ3v) is 4.18. The highest BCUT2D eigenvalue weighted by Crippen LogP contribution is 2.31. The van der Waals surface area contributed by atoms with E-state index in [2.05, 4.69) is 23.7 Å². The molecule has 4 nitrogen and oxygen atoms in total. The van der Waals surface area contributed by atoms with Crippen LogP contribution in [-0.4, -0.2) is 42.5 Å². The molecule has 116 valence electrons. The summed E-state index contributed by atoms with van der Waals surface area (Å²) < 4.78 is 5.55. The maximum absolute atomic E-state index is 12.5. The monoisotopic (exact) mass is 308 g/mol. The van der Waals surface area contributed by atoms with Gasteiger partial charge in [-0.15, -0.1) is 11.8 Å². The van der Waals surface area contributed by atoms with Gasteiger partial charge in [-0.25, -0.2) is 4.79 Å². The maximum atomic E-state index is 12.5. The van der Waals surface area contributed by atoms with Crippen LogP contribution in [0.15, 0.2) is 29.2 Å². The Morgan fingerprint density at radius 3 is 2.76 bits per heavy atom. The molecule has 1 N–H and O–H groups in total. The van der Waals surface area contributed by atoms with Gasteiger partial charge in [-0.05, 0) is 38.7 Å². The summed E-state index contributed by atoms with van der Waals surface area (Å²) in [5, 5.41) is 3.37. The largest absolute Gasteiger partial charge is 0.444 e. The number of rotatable bonds is 2. The van der Waals surface area contributed by atoms with Crippen LogP contribution in [0.5, 0.6) is 0 Å². The zero-order valence-electron chi connectivity index (χ0n) is 13.2. The van der Waals surface area contributed by atoms with Crippen molar-refractivity contribution in [1.82, 2.24) is 10.2 Å². The summed E-state index contributed by atoms with van der Waals surface area (Å²) in [4.78, 5) is 15.5. The van der Waals surface area contributed by atoms with Crippen molar-refractivity contribution in [1.29, 1.82) is 0 Å². The molecule has 1 aliphatic heterocycles. The van der Waals surface area contributed by atoms with E-state index in [1.807, 2.05) is 37.8 Å². The van der Waals surface area contributed by atoms with Gasteiger partial charge in [0.1, 0.15) is 5.60 Å². The van der Waals surface area contributed by atoms with Crippen LogP contribution in [0, 0.1) is 0 Å². The molecule has 1 amide bonds. The van der Waals surface area contributed by atoms with Crippen LogP contribution >= 0.6 is 11.8 Å². The van der Waals surface area contributed by atoms with Crippen molar-refractivity contribution in [3.05, 3.63) is 29.8 Å². The normalized spacial score (nSPS) is 19.4. The number of hydrogen-bond acceptors (Lipinski definition) is 4. The van der Waals surface area contributed by atoms with Crippen molar-refractivity contribution < 1.29 is 9.53 Å². The molecule has 0 radical (unpaired) electrons. The zero-order valence-corrected chi connectivity index (χ0v) is 14.0. The Morgan fingerprint density at radius 1 is 1.38 bits per heavy atom. The maximum Gasteiger partial charge on any atom is 0.410 e. The SMILES string of the molecule is CSc1ccccc1C1CNCCN1C(=O)OC(C)(C)C. The molecule has 1 fully saturated rings. The van der Waals surface area contributed by atoms with Crippen molar-refractivity contribution in [2.45, 2.75) is 37.3 Å². The Labute approximate surface area is 131 Å². The molecule has 1 unspecified atom stereocenters. The second-order valence-electron chi connectivity index (χ2n) is 6.14. The lowest BCUT2D eigenvalue weighted by Gasteiger charge is -2.38. The van der Waals surface area contributed by atoms with Crippen LogP contribution in [0.1, 0.15) is 32.4 Å². The van der Waals surface area contributed by atoms with Gasteiger partial charge in [0.25, 0.3) is 0 Å². The highest BCUT2D eigenvalue weighted by molar-refractivity contribution is 7.98. The predicted octanol–water partition coefficient (Wildman–Crippen LogP) is 3.29. The van der Waals surface area contributed by atoms with Gasteiger partial charge in [-0.3, -0.25) is 4.90 Å². The number of carbonyl (C=O) groups is 1. The molecule has 0 aliphatic carbocycles. The number of benzene rings is 1. The molecule has 1 aliphatic rings. The van der Waals surface area contributed by atoms with Gasteiger partial charge in [0.15, 0.2) is 0 Å². The Balaban J connectivity index is 2.25. The first kappa shape index (κ1) is 16.2. The molecule has 0 aromatic heterocycles. The third-order valence-electron chi connectivity index (χ3n) is 3.37. The number of piperazine rings is 1. The van der Waals surface area contributed by atoms with Gasteiger partial charge in [0.05, 0.1) is 6.04 Å². The number of amides is 1. The van der Waals surface area contributed by atoms with Crippen LogP contribution in [0.4, 0.5) is 4.79 Å². The molecule has 1 heterocycles. The Morgan fingerprint density at radius 2 is 2.10 bits per heavy atom. The molecular formula is C16H24N2O2S. The van der Waals surface area contributed by atoms with Crippen molar-refractivity contribution in [2.75, 3.05) is 25.9 Å². The Hall–Kier alpha value is -1.20. The van der Waals surface area contributed by atoms with Gasteiger partial charge in [0, 0.05) is 24.5 Å². The van der Waals surface area contributed by atoms with E-state index in [1.54, 1.807) is 11.8 Å². The summed E-state index contributed by atoms with van der Waals surface area (Å²) in [6.45, 7) is 7.93. The van der Waals surface area contributed by atoms with Crippen LogP contribution in [0.2, 0.25) is 0 Å². The second-order valence-corrected chi connectivity index (χ2v) is 6.98. The Bertz CT molecular complexity index is 499. The van der Waals surface area contributed by atoms with Crippen LogP contribution in [0.25, 0.3) is 0 Å². The van der Waals surface area contributed by atoms with Crippen molar-refractivity contribution in [2.24, 2.45) is 0 Å². The van der Waals surface area contributed by atoms with Crippen LogP contribution in [0.3, 0.4) is 0 Å². The minimum Gasteiger partial charge on any atom is -0.444 e. The molecule has 1 aromatic rings. The average Bonchev–Trinajstić information content (AvgIpc) is 2.45. The molecule has 1 atom stereocenters. The minimum absolute atomic E-state index is 0.0252. The standard InChI is InChI=1S/C16H24N2O2S/c1-16(2,3)20-15(19)18-10-9-17-11-13(18)12-7-5-6-8-14(12)21-4/h5-8,13,17H,9-11H2,1-4H3. The lowest BCUT2D eigenvalue weighted by atomic mass is 10.0. The first-order valence-electron chi connectivity index (χ1n) is 7.25. The summed E-state index contributed by atoms with van der Waals surface area (Å²) in [6, 6.07) is 8.28. The predicted molar refractivity (Wildman–Crippen MR) is 86.8 cm³/mol. The number of nitrogens with zero attached hydrogens (tertiary/aromatic N) is 1. The van der Waals surface area contributed by atoms with Crippen molar-refractivity contribution >= 4 is 17.9 Å². The topological polar surface area (TPSA) is 41.6 Å². The fourth-order valence-electron chi connectivity index (χ4n) is 2.46. The summed E-state index contributed by atoms with van der Waals surface area (Å²) in [5.74, 6) is 0. The van der Waals surface area contributed by atoms with Gasteiger partial charge < -0.3 is 10.1 Å². The number of carbonyl (C=O) groups excluding carboxylic acids is 1. The summed E-state index contributed by atoms with van der Waals surface area (Å²) >= 11 is 1.71. The van der Waals surface area contributed by atoms with Crippen LogP contribution < -0.4 is 5.32 Å². The molecule has 0 spiro atoms. The lowest BCUT2D eigenvalue weighted by Crippen LogP contribution is -2.50. The van der Waals surface area contributed by atoms with Gasteiger partial charge >= 0.3 is 6.09 Å². The van der Waals surface area contributed by atoms with E-state index in [4.69, 9.17) is 4.74 Å². The average molecular weight is 308 g/mol. The van der Waals surface area contributed by atoms with E-state index in [-0.39, 0.29) is 12.1 Å². The Kier molecular flexibility index (Phi) is 5.17. The zero-order chi connectivity index (χ0) is 15.5. The van der Waals surface area contributed by atoms with Gasteiger partial charge in [-0.2, -0.15) is 0 Å². The quantitative estimate of drug-likeness (QED) is 0.851. The van der Waals surface area contributed by atoms with E-state index in [0.717, 1.165) is 13.1 Å². The summed E-state index contributed by atoms with van der Waals surface area (Å²) in [7, 11) is 0. The fraction of sp³-hybridized carbons (Fsp3) is 0.562. The smallest absolute Gasteiger partial charge is 0.410 e. The molecule has 0 saturated carbocycles. The van der Waals surface area contributed by atoms with Gasteiger partial charge in [-0.1, -0.05) is 18.2 Å². The lowest BCUT2D eigenvalue weighted by molar-refractivity contribution is 0.0115. The van der Waals surface area contributed by atoms with Gasteiger partial charge in [0.2, 0.25) is 0 Å².